The zero-order chi connectivity index (χ0) is 27.1. The quantitative estimate of drug-likeness (QED) is 0.459. The van der Waals surface area contributed by atoms with Gasteiger partial charge in [-0.1, -0.05) is 18.2 Å². The van der Waals surface area contributed by atoms with Crippen LogP contribution < -0.4 is 5.32 Å². The Morgan fingerprint density at radius 1 is 0.947 bits per heavy atom. The van der Waals surface area contributed by atoms with E-state index in [1.165, 1.54) is 17.7 Å². The number of carbonyl (C=O) groups is 2. The van der Waals surface area contributed by atoms with E-state index in [-0.39, 0.29) is 17.8 Å². The first-order valence-corrected chi connectivity index (χ1v) is 13.2. The molecule has 2 heterocycles. The van der Waals surface area contributed by atoms with Crippen LogP contribution in [0.15, 0.2) is 42.5 Å². The number of carbonyl (C=O) groups excluding carboxylic acids is 2. The summed E-state index contributed by atoms with van der Waals surface area (Å²) >= 11 is 0. The van der Waals surface area contributed by atoms with Gasteiger partial charge in [-0.15, -0.1) is 0 Å². The molecule has 9 heteroatoms. The van der Waals surface area contributed by atoms with Crippen LogP contribution in [-0.2, 0) is 32.1 Å². The lowest BCUT2D eigenvalue weighted by Crippen LogP contribution is -2.49. The standard InChI is InChI=1S/C29H38FN3O5/c1-29(2,38-17-16-37-15-14-36-3)27(34)32-12-10-22(11-13-32)21-5-8-26(9-6-21)31-28(35)33-19-23-4-7-25(30)18-24(23)20-33/h4-9,18,22H,10-17,19-20H2,1-3H3,(H,31,35). The van der Waals surface area contributed by atoms with E-state index in [9.17, 15) is 14.0 Å². The summed E-state index contributed by atoms with van der Waals surface area (Å²) in [6, 6.07) is 12.4. The normalized spacial score (nSPS) is 16.0. The van der Waals surface area contributed by atoms with E-state index in [1.54, 1.807) is 18.1 Å². The summed E-state index contributed by atoms with van der Waals surface area (Å²) in [5.41, 5.74) is 2.84. The lowest BCUT2D eigenvalue weighted by atomic mass is 9.88. The molecule has 0 bridgehead atoms. The van der Waals surface area contributed by atoms with E-state index in [1.807, 2.05) is 43.0 Å². The van der Waals surface area contributed by atoms with Crippen LogP contribution in [0.4, 0.5) is 14.9 Å². The minimum Gasteiger partial charge on any atom is -0.382 e. The maximum absolute atomic E-state index is 13.5. The Hall–Kier alpha value is -3.01. The van der Waals surface area contributed by atoms with Crippen molar-refractivity contribution < 1.29 is 28.2 Å². The van der Waals surface area contributed by atoms with Gasteiger partial charge in [-0.05, 0) is 73.6 Å². The summed E-state index contributed by atoms with van der Waals surface area (Å²) in [4.78, 5) is 29.3. The van der Waals surface area contributed by atoms with E-state index in [2.05, 4.69) is 5.32 Å². The Bertz CT molecular complexity index is 1100. The zero-order valence-electron chi connectivity index (χ0n) is 22.5. The van der Waals surface area contributed by atoms with Crippen molar-refractivity contribution in [2.45, 2.75) is 51.3 Å². The average molecular weight is 528 g/mol. The van der Waals surface area contributed by atoms with Crippen LogP contribution in [0.5, 0.6) is 0 Å². The van der Waals surface area contributed by atoms with Gasteiger partial charge in [0, 0.05) is 39.0 Å². The average Bonchev–Trinajstić information content (AvgIpc) is 3.34. The van der Waals surface area contributed by atoms with Gasteiger partial charge >= 0.3 is 6.03 Å². The van der Waals surface area contributed by atoms with Crippen molar-refractivity contribution in [1.82, 2.24) is 9.80 Å². The summed E-state index contributed by atoms with van der Waals surface area (Å²) in [6.45, 7) is 7.65. The number of rotatable bonds is 10. The van der Waals surface area contributed by atoms with Gasteiger partial charge in [-0.25, -0.2) is 9.18 Å². The Balaban J connectivity index is 1.21. The Kier molecular flexibility index (Phi) is 9.35. The van der Waals surface area contributed by atoms with Crippen LogP contribution in [0.2, 0.25) is 0 Å². The van der Waals surface area contributed by atoms with Crippen molar-refractivity contribution >= 4 is 17.6 Å². The van der Waals surface area contributed by atoms with Crippen molar-refractivity contribution in [3.63, 3.8) is 0 Å². The monoisotopic (exact) mass is 527 g/mol. The van der Waals surface area contributed by atoms with Gasteiger partial charge in [0.25, 0.3) is 5.91 Å². The highest BCUT2D eigenvalue weighted by Gasteiger charge is 2.35. The number of anilines is 1. The Labute approximate surface area is 224 Å². The molecule has 0 radical (unpaired) electrons. The maximum atomic E-state index is 13.5. The molecule has 2 aliphatic rings. The number of methoxy groups -OCH3 is 1. The lowest BCUT2D eigenvalue weighted by Gasteiger charge is -2.37. The third kappa shape index (κ3) is 7.09. The van der Waals surface area contributed by atoms with Crippen LogP contribution in [0.25, 0.3) is 0 Å². The number of likely N-dealkylation sites (tertiary alicyclic amines) is 1. The fourth-order valence-corrected chi connectivity index (χ4v) is 5.01. The number of piperidine rings is 1. The van der Waals surface area contributed by atoms with E-state index in [0.29, 0.717) is 58.5 Å². The number of ether oxygens (including phenoxy) is 3. The van der Waals surface area contributed by atoms with E-state index < -0.39 is 5.60 Å². The molecule has 0 aromatic heterocycles. The fourth-order valence-electron chi connectivity index (χ4n) is 5.01. The molecule has 0 saturated carbocycles. The van der Waals surface area contributed by atoms with Crippen molar-refractivity contribution in [2.75, 3.05) is 51.9 Å². The summed E-state index contributed by atoms with van der Waals surface area (Å²) in [5.74, 6) is 0.0658. The smallest absolute Gasteiger partial charge is 0.322 e. The summed E-state index contributed by atoms with van der Waals surface area (Å²) in [7, 11) is 1.63. The number of hydrogen-bond acceptors (Lipinski definition) is 5. The molecule has 38 heavy (non-hydrogen) atoms. The molecule has 0 unspecified atom stereocenters. The van der Waals surface area contributed by atoms with Crippen LogP contribution in [-0.4, -0.2) is 74.0 Å². The molecular formula is C29H38FN3O5. The van der Waals surface area contributed by atoms with Gasteiger partial charge in [0.2, 0.25) is 0 Å². The van der Waals surface area contributed by atoms with Gasteiger partial charge in [0.15, 0.2) is 0 Å². The second-order valence-electron chi connectivity index (χ2n) is 10.4. The summed E-state index contributed by atoms with van der Waals surface area (Å²) in [5, 5.41) is 2.94. The molecule has 0 aliphatic carbocycles. The van der Waals surface area contributed by atoms with Crippen LogP contribution in [0.1, 0.15) is 49.3 Å². The number of hydrogen-bond donors (Lipinski definition) is 1. The number of amides is 3. The second-order valence-corrected chi connectivity index (χ2v) is 10.4. The number of nitrogens with zero attached hydrogens (tertiary/aromatic N) is 2. The van der Waals surface area contributed by atoms with E-state index >= 15 is 0 Å². The molecule has 206 valence electrons. The summed E-state index contributed by atoms with van der Waals surface area (Å²) in [6.07, 6.45) is 1.74. The van der Waals surface area contributed by atoms with Crippen LogP contribution in [0, 0.1) is 5.82 Å². The fraction of sp³-hybridized carbons (Fsp3) is 0.517. The molecule has 2 aromatic rings. The predicted octanol–water partition coefficient (Wildman–Crippen LogP) is 4.54. The number of benzene rings is 2. The SMILES string of the molecule is COCCOCCOC(C)(C)C(=O)N1CCC(c2ccc(NC(=O)N3Cc4ccc(F)cc4C3)cc2)CC1. The van der Waals surface area contributed by atoms with Crippen molar-refractivity contribution in [3.05, 3.63) is 65.0 Å². The third-order valence-corrected chi connectivity index (χ3v) is 7.23. The first kappa shape index (κ1) is 28.0. The summed E-state index contributed by atoms with van der Waals surface area (Å²) < 4.78 is 29.7. The third-order valence-electron chi connectivity index (χ3n) is 7.23. The molecule has 2 aromatic carbocycles. The Morgan fingerprint density at radius 3 is 2.34 bits per heavy atom. The molecule has 1 saturated heterocycles. The zero-order valence-corrected chi connectivity index (χ0v) is 22.5. The lowest BCUT2D eigenvalue weighted by molar-refractivity contribution is -0.157. The van der Waals surface area contributed by atoms with Crippen LogP contribution >= 0.6 is 0 Å². The minimum atomic E-state index is -0.901. The van der Waals surface area contributed by atoms with Gasteiger partial charge in [-0.2, -0.15) is 0 Å². The maximum Gasteiger partial charge on any atom is 0.322 e. The van der Waals surface area contributed by atoms with E-state index in [0.717, 1.165) is 29.7 Å². The van der Waals surface area contributed by atoms with Gasteiger partial charge < -0.3 is 29.3 Å². The van der Waals surface area contributed by atoms with Crippen molar-refractivity contribution in [2.24, 2.45) is 0 Å². The molecule has 0 spiro atoms. The van der Waals surface area contributed by atoms with Crippen molar-refractivity contribution in [3.8, 4) is 0 Å². The molecule has 3 amide bonds. The van der Waals surface area contributed by atoms with Gasteiger partial charge in [0.05, 0.1) is 26.4 Å². The molecule has 1 fully saturated rings. The highest BCUT2D eigenvalue weighted by Crippen LogP contribution is 2.31. The molecule has 8 nitrogen and oxygen atoms in total. The number of urea groups is 1. The van der Waals surface area contributed by atoms with Crippen LogP contribution in [0.3, 0.4) is 0 Å². The first-order valence-electron chi connectivity index (χ1n) is 13.2. The number of fused-ring (bicyclic) bond motifs is 1. The van der Waals surface area contributed by atoms with Gasteiger partial charge in [-0.3, -0.25) is 4.79 Å². The number of halogens is 1. The second kappa shape index (κ2) is 12.7. The van der Waals surface area contributed by atoms with Crippen molar-refractivity contribution in [1.29, 1.82) is 0 Å². The topological polar surface area (TPSA) is 80.3 Å². The Morgan fingerprint density at radius 2 is 1.63 bits per heavy atom. The predicted molar refractivity (Wildman–Crippen MR) is 142 cm³/mol. The number of nitrogens with one attached hydrogen (secondary N) is 1. The largest absolute Gasteiger partial charge is 0.382 e. The molecule has 1 N–H and O–H groups in total. The minimum absolute atomic E-state index is 0.00213. The molecule has 4 rings (SSSR count). The molecule has 0 atom stereocenters. The highest BCUT2D eigenvalue weighted by molar-refractivity contribution is 5.89. The van der Waals surface area contributed by atoms with E-state index in [4.69, 9.17) is 14.2 Å². The first-order chi connectivity index (χ1) is 18.3. The highest BCUT2D eigenvalue weighted by atomic mass is 19.1. The molecule has 2 aliphatic heterocycles. The molecular weight excluding hydrogens is 489 g/mol. The van der Waals surface area contributed by atoms with Gasteiger partial charge in [0.1, 0.15) is 11.4 Å².